The summed E-state index contributed by atoms with van der Waals surface area (Å²) in [6, 6.07) is 4.98. The lowest BCUT2D eigenvalue weighted by molar-refractivity contribution is 0.0776. The molecule has 74 valence electrons. The van der Waals surface area contributed by atoms with Gasteiger partial charge in [0.25, 0.3) is 0 Å². The van der Waals surface area contributed by atoms with Gasteiger partial charge in [0, 0.05) is 14.7 Å². The molecule has 0 bridgehead atoms. The van der Waals surface area contributed by atoms with Crippen LogP contribution in [-0.2, 0) is 0 Å². The third kappa shape index (κ3) is 2.19. The summed E-state index contributed by atoms with van der Waals surface area (Å²) in [5.41, 5.74) is 0.626. The number of benzene rings is 1. The van der Waals surface area contributed by atoms with Gasteiger partial charge in [-0.05, 0) is 35.6 Å². The molecule has 0 saturated carbocycles. The van der Waals surface area contributed by atoms with Crippen LogP contribution in [0.3, 0.4) is 0 Å². The van der Waals surface area contributed by atoms with Gasteiger partial charge in [-0.25, -0.2) is 0 Å². The van der Waals surface area contributed by atoms with Crippen LogP contribution in [0.2, 0.25) is 0 Å². The van der Waals surface area contributed by atoms with E-state index in [0.29, 0.717) is 21.0 Å². The number of halogens is 1. The molecule has 1 atom stereocenters. The third-order valence-corrected chi connectivity index (χ3v) is 2.70. The topological polar surface area (TPSA) is 54.4 Å². The lowest BCUT2D eigenvalue weighted by Gasteiger charge is -2.07. The van der Waals surface area contributed by atoms with E-state index in [1.807, 2.05) is 22.6 Å². The maximum absolute atomic E-state index is 11.5. The SMILES string of the molecule is CC(O)C(=O)c1c(I)cccc1C=O. The van der Waals surface area contributed by atoms with Crippen molar-refractivity contribution in [2.45, 2.75) is 13.0 Å². The van der Waals surface area contributed by atoms with E-state index >= 15 is 0 Å². The molecule has 1 unspecified atom stereocenters. The standard InChI is InChI=1S/C10H9IO3/c1-6(13)10(14)9-7(5-12)3-2-4-8(9)11/h2-6,13H,1H3. The molecule has 4 heteroatoms. The van der Waals surface area contributed by atoms with Gasteiger partial charge in [0.15, 0.2) is 12.1 Å². The maximum atomic E-state index is 11.5. The fraction of sp³-hybridized carbons (Fsp3) is 0.200. The van der Waals surface area contributed by atoms with Crippen LogP contribution in [0.25, 0.3) is 0 Å². The van der Waals surface area contributed by atoms with Crippen LogP contribution >= 0.6 is 22.6 Å². The van der Waals surface area contributed by atoms with Gasteiger partial charge in [-0.2, -0.15) is 0 Å². The number of aldehydes is 1. The molecule has 0 aromatic heterocycles. The average Bonchev–Trinajstić information content (AvgIpc) is 2.16. The van der Waals surface area contributed by atoms with Crippen molar-refractivity contribution in [3.63, 3.8) is 0 Å². The zero-order valence-electron chi connectivity index (χ0n) is 7.53. The molecule has 1 aromatic rings. The second-order valence-electron chi connectivity index (χ2n) is 2.86. The van der Waals surface area contributed by atoms with Crippen molar-refractivity contribution in [2.24, 2.45) is 0 Å². The van der Waals surface area contributed by atoms with Gasteiger partial charge in [-0.3, -0.25) is 9.59 Å². The summed E-state index contributed by atoms with van der Waals surface area (Å²) >= 11 is 1.97. The Morgan fingerprint density at radius 2 is 2.21 bits per heavy atom. The van der Waals surface area contributed by atoms with Crippen LogP contribution in [-0.4, -0.2) is 23.3 Å². The predicted molar refractivity (Wildman–Crippen MR) is 60.6 cm³/mol. The molecular weight excluding hydrogens is 295 g/mol. The number of aliphatic hydroxyl groups is 1. The first-order valence-corrected chi connectivity index (χ1v) is 5.11. The number of rotatable bonds is 3. The number of hydrogen-bond donors (Lipinski definition) is 1. The number of hydrogen-bond acceptors (Lipinski definition) is 3. The predicted octanol–water partition coefficient (Wildman–Crippen LogP) is 1.67. The van der Waals surface area contributed by atoms with Crippen LogP contribution in [0.4, 0.5) is 0 Å². The fourth-order valence-corrected chi connectivity index (χ4v) is 1.89. The first-order chi connectivity index (χ1) is 6.57. The summed E-state index contributed by atoms with van der Waals surface area (Å²) in [4.78, 5) is 22.2. The van der Waals surface area contributed by atoms with Gasteiger partial charge in [0.05, 0.1) is 0 Å². The lowest BCUT2D eigenvalue weighted by atomic mass is 10.0. The molecule has 0 aliphatic rings. The maximum Gasteiger partial charge on any atom is 0.192 e. The molecule has 0 radical (unpaired) electrons. The van der Waals surface area contributed by atoms with Crippen molar-refractivity contribution < 1.29 is 14.7 Å². The highest BCUT2D eigenvalue weighted by molar-refractivity contribution is 14.1. The Bertz CT molecular complexity index is 372. The van der Waals surface area contributed by atoms with E-state index in [0.717, 1.165) is 0 Å². The average molecular weight is 304 g/mol. The molecule has 14 heavy (non-hydrogen) atoms. The van der Waals surface area contributed by atoms with Crippen LogP contribution in [0.1, 0.15) is 27.6 Å². The molecule has 0 fully saturated rings. The largest absolute Gasteiger partial charge is 0.385 e. The highest BCUT2D eigenvalue weighted by Crippen LogP contribution is 2.17. The van der Waals surface area contributed by atoms with Gasteiger partial charge in [-0.1, -0.05) is 12.1 Å². The van der Waals surface area contributed by atoms with E-state index in [4.69, 9.17) is 5.11 Å². The monoisotopic (exact) mass is 304 g/mol. The number of aliphatic hydroxyl groups excluding tert-OH is 1. The summed E-state index contributed by atoms with van der Waals surface area (Å²) < 4.78 is 0.679. The number of carbonyl (C=O) groups is 2. The minimum atomic E-state index is -1.08. The van der Waals surface area contributed by atoms with Crippen molar-refractivity contribution in [2.75, 3.05) is 0 Å². The molecule has 1 aromatic carbocycles. The van der Waals surface area contributed by atoms with Crippen LogP contribution in [0, 0.1) is 3.57 Å². The Morgan fingerprint density at radius 1 is 1.57 bits per heavy atom. The first-order valence-electron chi connectivity index (χ1n) is 4.04. The second kappa shape index (κ2) is 4.65. The number of Topliss-reactive ketones (excluding diaryl/α,β-unsaturated/α-hetero) is 1. The quantitative estimate of drug-likeness (QED) is 0.525. The lowest BCUT2D eigenvalue weighted by Crippen LogP contribution is -2.19. The van der Waals surface area contributed by atoms with Crippen LogP contribution in [0.15, 0.2) is 18.2 Å². The van der Waals surface area contributed by atoms with Gasteiger partial charge in [-0.15, -0.1) is 0 Å². The Labute approximate surface area is 95.3 Å². The normalized spacial score (nSPS) is 12.2. The minimum absolute atomic E-state index is 0.304. The molecule has 1 N–H and O–H groups in total. The van der Waals surface area contributed by atoms with Crippen molar-refractivity contribution in [3.8, 4) is 0 Å². The Morgan fingerprint density at radius 3 is 2.71 bits per heavy atom. The van der Waals surface area contributed by atoms with Gasteiger partial charge in [0.2, 0.25) is 0 Å². The second-order valence-corrected chi connectivity index (χ2v) is 4.02. The van der Waals surface area contributed by atoms with Crippen LogP contribution < -0.4 is 0 Å². The Balaban J connectivity index is 3.30. The molecule has 0 aliphatic heterocycles. The molecule has 0 saturated heterocycles. The number of ketones is 1. The molecule has 0 amide bonds. The van der Waals surface area contributed by atoms with E-state index in [-0.39, 0.29) is 0 Å². The van der Waals surface area contributed by atoms with E-state index in [1.165, 1.54) is 6.92 Å². The molecule has 3 nitrogen and oxygen atoms in total. The highest BCUT2D eigenvalue weighted by atomic mass is 127. The molecule has 1 rings (SSSR count). The zero-order chi connectivity index (χ0) is 10.7. The third-order valence-electron chi connectivity index (χ3n) is 1.80. The molecular formula is C10H9IO3. The van der Waals surface area contributed by atoms with E-state index in [9.17, 15) is 9.59 Å². The highest BCUT2D eigenvalue weighted by Gasteiger charge is 2.18. The van der Waals surface area contributed by atoms with Crippen molar-refractivity contribution in [3.05, 3.63) is 32.9 Å². The van der Waals surface area contributed by atoms with Gasteiger partial charge in [0.1, 0.15) is 6.10 Å². The fourth-order valence-electron chi connectivity index (χ4n) is 1.11. The zero-order valence-corrected chi connectivity index (χ0v) is 9.69. The summed E-state index contributed by atoms with van der Waals surface area (Å²) in [7, 11) is 0. The Hall–Kier alpha value is -0.750. The van der Waals surface area contributed by atoms with Crippen LogP contribution in [0.5, 0.6) is 0 Å². The molecule has 0 aliphatic carbocycles. The Kier molecular flexibility index (Phi) is 3.77. The van der Waals surface area contributed by atoms with Crippen molar-refractivity contribution in [1.29, 1.82) is 0 Å². The van der Waals surface area contributed by atoms with E-state index in [2.05, 4.69) is 0 Å². The summed E-state index contributed by atoms with van der Waals surface area (Å²) in [5, 5.41) is 9.15. The van der Waals surface area contributed by atoms with Crippen molar-refractivity contribution in [1.82, 2.24) is 0 Å². The number of carbonyl (C=O) groups excluding carboxylic acids is 2. The smallest absolute Gasteiger partial charge is 0.192 e. The molecule has 0 spiro atoms. The summed E-state index contributed by atoms with van der Waals surface area (Å²) in [6.07, 6.45) is -0.456. The van der Waals surface area contributed by atoms with E-state index < -0.39 is 11.9 Å². The van der Waals surface area contributed by atoms with Gasteiger partial charge < -0.3 is 5.11 Å². The molecule has 0 heterocycles. The minimum Gasteiger partial charge on any atom is -0.385 e. The van der Waals surface area contributed by atoms with Gasteiger partial charge >= 0.3 is 0 Å². The summed E-state index contributed by atoms with van der Waals surface area (Å²) in [5.74, 6) is -0.419. The van der Waals surface area contributed by atoms with Crippen molar-refractivity contribution >= 4 is 34.7 Å². The first kappa shape index (κ1) is 11.3. The van der Waals surface area contributed by atoms with E-state index in [1.54, 1.807) is 18.2 Å². The summed E-state index contributed by atoms with van der Waals surface area (Å²) in [6.45, 7) is 1.39.